The van der Waals surface area contributed by atoms with Crippen LogP contribution in [0.4, 0.5) is 8.78 Å². The van der Waals surface area contributed by atoms with Crippen molar-refractivity contribution in [3.63, 3.8) is 0 Å². The first-order valence-corrected chi connectivity index (χ1v) is 7.70. The summed E-state index contributed by atoms with van der Waals surface area (Å²) < 4.78 is 28.4. The Bertz CT molecular complexity index is 823. The number of benzene rings is 1. The summed E-state index contributed by atoms with van der Waals surface area (Å²) in [6, 6.07) is 10.6. The molecule has 2 aromatic rings. The zero-order valence-corrected chi connectivity index (χ0v) is 13.2. The smallest absolute Gasteiger partial charge is 0.249 e. The van der Waals surface area contributed by atoms with Crippen LogP contribution in [0, 0.1) is 18.3 Å². The van der Waals surface area contributed by atoms with Gasteiger partial charge in [-0.15, -0.1) is 0 Å². The van der Waals surface area contributed by atoms with E-state index >= 15 is 0 Å². The number of rotatable bonds is 4. The molecule has 0 saturated heterocycles. The molecule has 0 aliphatic heterocycles. The topological polar surface area (TPSA) is 71.8 Å². The third kappa shape index (κ3) is 2.72. The molecule has 2 N–H and O–H groups in total. The Kier molecular flexibility index (Phi) is 3.98. The summed E-state index contributed by atoms with van der Waals surface area (Å²) in [5.74, 6) is -3.16. The summed E-state index contributed by atoms with van der Waals surface area (Å²) in [4.78, 5) is 12.1. The molecular formula is C18H17F2N3O. The van der Waals surface area contributed by atoms with Crippen LogP contribution in [0.15, 0.2) is 30.3 Å². The van der Waals surface area contributed by atoms with Gasteiger partial charge in [0.05, 0.1) is 18.2 Å². The first-order valence-electron chi connectivity index (χ1n) is 7.70. The number of hydrogen-bond acceptors (Lipinski definition) is 3. The summed E-state index contributed by atoms with van der Waals surface area (Å²) in [6.07, 6.45) is -0.439. The highest BCUT2D eigenvalue weighted by Gasteiger charge is 2.47. The van der Waals surface area contributed by atoms with Gasteiger partial charge in [0.15, 0.2) is 5.78 Å². The lowest BCUT2D eigenvalue weighted by atomic mass is 9.79. The molecule has 1 aromatic heterocycles. The van der Waals surface area contributed by atoms with E-state index in [9.17, 15) is 13.6 Å². The maximum atomic E-state index is 13.3. The SMILES string of the molecule is Cc1c(C(=O)CN)cc(C2CC(F)(F)C2)n1-c1ccc(C#N)cc1. The molecule has 0 atom stereocenters. The van der Waals surface area contributed by atoms with Gasteiger partial charge in [0, 0.05) is 41.4 Å². The van der Waals surface area contributed by atoms with E-state index in [0.717, 1.165) is 5.69 Å². The molecule has 6 heteroatoms. The molecule has 1 saturated carbocycles. The molecule has 0 amide bonds. The Morgan fingerprint density at radius 2 is 2.00 bits per heavy atom. The Hall–Kier alpha value is -2.52. The van der Waals surface area contributed by atoms with E-state index in [1.54, 1.807) is 37.3 Å². The van der Waals surface area contributed by atoms with Crippen LogP contribution < -0.4 is 5.73 Å². The van der Waals surface area contributed by atoms with E-state index in [1.807, 2.05) is 10.6 Å². The van der Waals surface area contributed by atoms with Crippen molar-refractivity contribution in [3.05, 3.63) is 52.8 Å². The molecule has 4 nitrogen and oxygen atoms in total. The number of nitriles is 1. The molecule has 1 fully saturated rings. The second kappa shape index (κ2) is 5.84. The van der Waals surface area contributed by atoms with E-state index in [-0.39, 0.29) is 31.1 Å². The lowest BCUT2D eigenvalue weighted by Crippen LogP contribution is -2.34. The minimum Gasteiger partial charge on any atom is -0.324 e. The van der Waals surface area contributed by atoms with Crippen molar-refractivity contribution in [2.75, 3.05) is 6.54 Å². The fraction of sp³-hybridized carbons (Fsp3) is 0.333. The number of nitrogens with two attached hydrogens (primary N) is 1. The maximum absolute atomic E-state index is 13.3. The summed E-state index contributed by atoms with van der Waals surface area (Å²) in [5, 5.41) is 8.91. The number of alkyl halides is 2. The average Bonchev–Trinajstić information content (AvgIpc) is 2.89. The Balaban J connectivity index is 2.10. The van der Waals surface area contributed by atoms with Crippen LogP contribution in [-0.4, -0.2) is 22.8 Å². The van der Waals surface area contributed by atoms with Gasteiger partial charge in [-0.25, -0.2) is 8.78 Å². The largest absolute Gasteiger partial charge is 0.324 e. The monoisotopic (exact) mass is 329 g/mol. The fourth-order valence-electron chi connectivity index (χ4n) is 3.22. The molecule has 1 aliphatic rings. The first-order chi connectivity index (χ1) is 11.4. The quantitative estimate of drug-likeness (QED) is 0.875. The van der Waals surface area contributed by atoms with Crippen molar-refractivity contribution in [3.8, 4) is 11.8 Å². The molecule has 3 rings (SSSR count). The Morgan fingerprint density at radius 3 is 2.50 bits per heavy atom. The highest BCUT2D eigenvalue weighted by Crippen LogP contribution is 2.49. The lowest BCUT2D eigenvalue weighted by Gasteiger charge is -2.35. The third-order valence-electron chi connectivity index (χ3n) is 4.52. The number of hydrogen-bond donors (Lipinski definition) is 1. The highest BCUT2D eigenvalue weighted by molar-refractivity contribution is 5.99. The molecule has 24 heavy (non-hydrogen) atoms. The average molecular weight is 329 g/mol. The number of carbonyl (C=O) groups is 1. The summed E-state index contributed by atoms with van der Waals surface area (Å²) in [7, 11) is 0. The van der Waals surface area contributed by atoms with Crippen molar-refractivity contribution in [1.82, 2.24) is 4.57 Å². The van der Waals surface area contributed by atoms with Crippen molar-refractivity contribution in [1.29, 1.82) is 5.26 Å². The van der Waals surface area contributed by atoms with Gasteiger partial charge in [-0.3, -0.25) is 4.79 Å². The van der Waals surface area contributed by atoms with Crippen LogP contribution in [0.5, 0.6) is 0 Å². The number of carbonyl (C=O) groups excluding carboxylic acids is 1. The van der Waals surface area contributed by atoms with E-state index in [4.69, 9.17) is 11.0 Å². The van der Waals surface area contributed by atoms with Gasteiger partial charge in [-0.1, -0.05) is 0 Å². The molecule has 124 valence electrons. The van der Waals surface area contributed by atoms with Gasteiger partial charge >= 0.3 is 0 Å². The van der Waals surface area contributed by atoms with Crippen LogP contribution in [-0.2, 0) is 0 Å². The molecule has 0 unspecified atom stereocenters. The van der Waals surface area contributed by atoms with Gasteiger partial charge in [0.1, 0.15) is 0 Å². The summed E-state index contributed by atoms with van der Waals surface area (Å²) >= 11 is 0. The summed E-state index contributed by atoms with van der Waals surface area (Å²) in [5.41, 5.74) is 8.56. The van der Waals surface area contributed by atoms with Crippen molar-refractivity contribution >= 4 is 5.78 Å². The zero-order chi connectivity index (χ0) is 17.5. The van der Waals surface area contributed by atoms with Crippen molar-refractivity contribution in [2.45, 2.75) is 31.6 Å². The van der Waals surface area contributed by atoms with Crippen LogP contribution in [0.2, 0.25) is 0 Å². The van der Waals surface area contributed by atoms with E-state index < -0.39 is 5.92 Å². The number of nitrogens with zero attached hydrogens (tertiary/aromatic N) is 2. The van der Waals surface area contributed by atoms with Gasteiger partial charge in [-0.2, -0.15) is 5.26 Å². The van der Waals surface area contributed by atoms with Gasteiger partial charge in [-0.05, 0) is 37.3 Å². The van der Waals surface area contributed by atoms with Gasteiger partial charge in [0.2, 0.25) is 5.92 Å². The molecule has 1 aliphatic carbocycles. The van der Waals surface area contributed by atoms with Gasteiger partial charge < -0.3 is 10.3 Å². The van der Waals surface area contributed by atoms with E-state index in [2.05, 4.69) is 0 Å². The molecule has 0 radical (unpaired) electrons. The second-order valence-corrected chi connectivity index (χ2v) is 6.15. The van der Waals surface area contributed by atoms with E-state index in [0.29, 0.717) is 22.5 Å². The number of aromatic nitrogens is 1. The van der Waals surface area contributed by atoms with Crippen LogP contribution >= 0.6 is 0 Å². The minimum absolute atomic E-state index is 0.126. The maximum Gasteiger partial charge on any atom is 0.249 e. The fourth-order valence-corrected chi connectivity index (χ4v) is 3.22. The van der Waals surface area contributed by atoms with Crippen molar-refractivity contribution < 1.29 is 13.6 Å². The lowest BCUT2D eigenvalue weighted by molar-refractivity contribution is -0.0879. The van der Waals surface area contributed by atoms with Crippen LogP contribution in [0.25, 0.3) is 5.69 Å². The highest BCUT2D eigenvalue weighted by atomic mass is 19.3. The van der Waals surface area contributed by atoms with E-state index in [1.165, 1.54) is 0 Å². The Labute approximate surface area is 138 Å². The number of Topliss-reactive ketones (excluding diaryl/α,β-unsaturated/α-hetero) is 1. The predicted molar refractivity (Wildman–Crippen MR) is 85.5 cm³/mol. The zero-order valence-electron chi connectivity index (χ0n) is 13.2. The van der Waals surface area contributed by atoms with Gasteiger partial charge in [0.25, 0.3) is 0 Å². The van der Waals surface area contributed by atoms with Crippen molar-refractivity contribution in [2.24, 2.45) is 5.73 Å². The molecular weight excluding hydrogens is 312 g/mol. The Morgan fingerprint density at radius 1 is 1.38 bits per heavy atom. The molecule has 1 heterocycles. The second-order valence-electron chi connectivity index (χ2n) is 6.15. The van der Waals surface area contributed by atoms with Crippen LogP contribution in [0.1, 0.15) is 46.1 Å². The third-order valence-corrected chi connectivity index (χ3v) is 4.52. The molecule has 0 spiro atoms. The predicted octanol–water partition coefficient (Wildman–Crippen LogP) is 3.31. The normalized spacial score (nSPS) is 16.5. The minimum atomic E-state index is -2.64. The first kappa shape index (κ1) is 16.3. The number of ketones is 1. The molecule has 1 aromatic carbocycles. The standard InChI is InChI=1S/C18H17F2N3O/c1-11-15(17(24)10-22)6-16(13-7-18(19,20)8-13)23(11)14-4-2-12(9-21)3-5-14/h2-6,13H,7-8,10,22H2,1H3. The summed E-state index contributed by atoms with van der Waals surface area (Å²) in [6.45, 7) is 1.65. The number of halogens is 2. The molecule has 0 bridgehead atoms. The van der Waals surface area contributed by atoms with Crippen LogP contribution in [0.3, 0.4) is 0 Å².